The Balaban J connectivity index is 1.47. The van der Waals surface area contributed by atoms with Crippen LogP contribution in [0.1, 0.15) is 17.1 Å². The molecule has 0 radical (unpaired) electrons. The molecule has 0 aliphatic carbocycles. The zero-order valence-electron chi connectivity index (χ0n) is 15.0. The maximum atomic E-state index is 9.44. The third-order valence-corrected chi connectivity index (χ3v) is 4.64. The zero-order chi connectivity index (χ0) is 18.5. The van der Waals surface area contributed by atoms with Gasteiger partial charge in [0, 0.05) is 37.9 Å². The lowest BCUT2D eigenvalue weighted by Crippen LogP contribution is -2.46. The molecule has 5 heteroatoms. The van der Waals surface area contributed by atoms with E-state index in [0.717, 1.165) is 31.7 Å². The largest absolute Gasteiger partial charge is 0.420 e. The van der Waals surface area contributed by atoms with Crippen LogP contribution in [-0.2, 0) is 0 Å². The second kappa shape index (κ2) is 7.79. The highest BCUT2D eigenvalue weighted by molar-refractivity contribution is 5.67. The molecule has 0 atom stereocenters. The second-order valence-corrected chi connectivity index (χ2v) is 6.37. The van der Waals surface area contributed by atoms with Gasteiger partial charge in [-0.1, -0.05) is 48.5 Å². The van der Waals surface area contributed by atoms with Gasteiger partial charge in [-0.15, -0.1) is 0 Å². The molecule has 1 aromatic heterocycles. The molecule has 1 aliphatic heterocycles. The van der Waals surface area contributed by atoms with Crippen molar-refractivity contribution >= 4 is 23.7 Å². The maximum Gasteiger partial charge on any atom is 0.235 e. The summed E-state index contributed by atoms with van der Waals surface area (Å²) in [6, 6.07) is 22.5. The highest BCUT2D eigenvalue weighted by Gasteiger charge is 2.23. The molecule has 3 aromatic rings. The molecule has 0 saturated carbocycles. The lowest BCUT2D eigenvalue weighted by molar-refractivity contribution is 0.513. The molecular weight excluding hydrogens is 336 g/mol. The van der Waals surface area contributed by atoms with E-state index in [4.69, 9.17) is 4.42 Å². The number of benzene rings is 2. The molecule has 2 heterocycles. The minimum Gasteiger partial charge on any atom is -0.420 e. The third kappa shape index (κ3) is 3.85. The number of nitrogens with zero attached hydrogens (tertiary/aromatic N) is 4. The molecule has 0 amide bonds. The summed E-state index contributed by atoms with van der Waals surface area (Å²) >= 11 is 0. The number of oxazole rings is 1. The van der Waals surface area contributed by atoms with Crippen molar-refractivity contribution in [3.63, 3.8) is 0 Å². The number of hydrogen-bond acceptors (Lipinski definition) is 5. The number of para-hydroxylation sites is 1. The van der Waals surface area contributed by atoms with Crippen molar-refractivity contribution in [2.45, 2.75) is 0 Å². The van der Waals surface area contributed by atoms with E-state index in [1.54, 1.807) is 6.08 Å². The molecule has 1 fully saturated rings. The van der Waals surface area contributed by atoms with Gasteiger partial charge in [-0.2, -0.15) is 10.2 Å². The average molecular weight is 356 g/mol. The van der Waals surface area contributed by atoms with Crippen LogP contribution in [0.2, 0.25) is 0 Å². The van der Waals surface area contributed by atoms with Crippen molar-refractivity contribution in [1.29, 1.82) is 5.26 Å². The van der Waals surface area contributed by atoms with Crippen LogP contribution in [0.15, 0.2) is 65.1 Å². The number of hydrogen-bond donors (Lipinski definition) is 0. The summed E-state index contributed by atoms with van der Waals surface area (Å²) in [5.74, 6) is 1.02. The molecular formula is C22H20N4O. The molecule has 134 valence electrons. The van der Waals surface area contributed by atoms with Gasteiger partial charge >= 0.3 is 0 Å². The van der Waals surface area contributed by atoms with Crippen LogP contribution in [0.3, 0.4) is 0 Å². The van der Waals surface area contributed by atoms with E-state index in [2.05, 4.69) is 45.1 Å². The predicted octanol–water partition coefficient (Wildman–Crippen LogP) is 4.04. The Labute approximate surface area is 158 Å². The van der Waals surface area contributed by atoms with Crippen molar-refractivity contribution in [2.24, 2.45) is 0 Å². The molecule has 0 unspecified atom stereocenters. The van der Waals surface area contributed by atoms with E-state index in [9.17, 15) is 5.26 Å². The molecule has 2 aromatic carbocycles. The average Bonchev–Trinajstić information content (AvgIpc) is 3.17. The summed E-state index contributed by atoms with van der Waals surface area (Å²) in [5.41, 5.74) is 2.63. The van der Waals surface area contributed by atoms with Crippen LogP contribution in [0.5, 0.6) is 0 Å². The fraction of sp³-hybridized carbons (Fsp3) is 0.182. The van der Waals surface area contributed by atoms with Crippen LogP contribution < -0.4 is 9.80 Å². The highest BCUT2D eigenvalue weighted by Crippen LogP contribution is 2.25. The first-order valence-corrected chi connectivity index (χ1v) is 9.02. The van der Waals surface area contributed by atoms with Crippen molar-refractivity contribution in [3.8, 4) is 6.07 Å². The number of rotatable bonds is 4. The first-order chi connectivity index (χ1) is 13.3. The molecule has 0 bridgehead atoms. The summed E-state index contributed by atoms with van der Waals surface area (Å²) in [7, 11) is 0. The van der Waals surface area contributed by atoms with Crippen LogP contribution >= 0.6 is 0 Å². The molecule has 1 aliphatic rings. The van der Waals surface area contributed by atoms with Crippen molar-refractivity contribution in [3.05, 3.63) is 77.8 Å². The number of anilines is 2. The molecule has 1 saturated heterocycles. The zero-order valence-corrected chi connectivity index (χ0v) is 15.0. The van der Waals surface area contributed by atoms with E-state index in [0.29, 0.717) is 17.5 Å². The SMILES string of the molecule is N#Cc1nc(C=Cc2ccccc2)oc1N1CCN(c2ccccc2)CC1. The van der Waals surface area contributed by atoms with Gasteiger partial charge in [-0.25, -0.2) is 0 Å². The number of piperazine rings is 1. The standard InChI is InChI=1S/C22H20N4O/c23-17-20-22(27-21(24-20)12-11-18-7-3-1-4-8-18)26-15-13-25(14-16-26)19-9-5-2-6-10-19/h1-12H,13-16H2. The van der Waals surface area contributed by atoms with E-state index < -0.39 is 0 Å². The normalized spacial score (nSPS) is 14.5. The van der Waals surface area contributed by atoms with Crippen LogP contribution in [0.4, 0.5) is 11.6 Å². The van der Waals surface area contributed by atoms with Crippen LogP contribution in [0, 0.1) is 11.3 Å². The van der Waals surface area contributed by atoms with Gasteiger partial charge in [0.1, 0.15) is 6.07 Å². The minimum absolute atomic E-state index is 0.343. The Morgan fingerprint density at radius 3 is 2.15 bits per heavy atom. The Morgan fingerprint density at radius 2 is 1.48 bits per heavy atom. The summed E-state index contributed by atoms with van der Waals surface area (Å²) in [6.45, 7) is 3.34. The van der Waals surface area contributed by atoms with Gasteiger partial charge in [0.2, 0.25) is 17.5 Å². The van der Waals surface area contributed by atoms with E-state index >= 15 is 0 Å². The first-order valence-electron chi connectivity index (χ1n) is 9.02. The quantitative estimate of drug-likeness (QED) is 0.706. The van der Waals surface area contributed by atoms with Crippen molar-refractivity contribution in [1.82, 2.24) is 4.98 Å². The third-order valence-electron chi connectivity index (χ3n) is 4.64. The fourth-order valence-corrected chi connectivity index (χ4v) is 3.22. The van der Waals surface area contributed by atoms with E-state index in [1.807, 2.05) is 42.5 Å². The Hall–Kier alpha value is -3.52. The lowest BCUT2D eigenvalue weighted by Gasteiger charge is -2.35. The molecule has 27 heavy (non-hydrogen) atoms. The monoisotopic (exact) mass is 356 g/mol. The summed E-state index contributed by atoms with van der Waals surface area (Å²) in [6.07, 6.45) is 3.74. The van der Waals surface area contributed by atoms with Gasteiger partial charge in [0.15, 0.2) is 0 Å². The van der Waals surface area contributed by atoms with Gasteiger partial charge < -0.3 is 14.2 Å². The van der Waals surface area contributed by atoms with Crippen LogP contribution in [0.25, 0.3) is 12.2 Å². The highest BCUT2D eigenvalue weighted by atomic mass is 16.4. The smallest absolute Gasteiger partial charge is 0.235 e. The lowest BCUT2D eigenvalue weighted by atomic mass is 10.2. The van der Waals surface area contributed by atoms with Gasteiger partial charge in [-0.3, -0.25) is 0 Å². The summed E-state index contributed by atoms with van der Waals surface area (Å²) < 4.78 is 5.89. The Kier molecular flexibility index (Phi) is 4.88. The van der Waals surface area contributed by atoms with Crippen molar-refractivity contribution < 1.29 is 4.42 Å². The predicted molar refractivity (Wildman–Crippen MR) is 107 cm³/mol. The molecule has 0 spiro atoms. The molecule has 5 nitrogen and oxygen atoms in total. The summed E-state index contributed by atoms with van der Waals surface area (Å²) in [5, 5.41) is 9.44. The number of aromatic nitrogens is 1. The molecule has 0 N–H and O–H groups in total. The number of nitriles is 1. The maximum absolute atomic E-state index is 9.44. The topological polar surface area (TPSA) is 56.3 Å². The second-order valence-electron chi connectivity index (χ2n) is 6.37. The van der Waals surface area contributed by atoms with E-state index in [1.165, 1.54) is 5.69 Å². The van der Waals surface area contributed by atoms with Crippen LogP contribution in [-0.4, -0.2) is 31.2 Å². The van der Waals surface area contributed by atoms with Gasteiger partial charge in [-0.05, 0) is 23.8 Å². The Morgan fingerprint density at radius 1 is 0.852 bits per heavy atom. The summed E-state index contributed by atoms with van der Waals surface area (Å²) in [4.78, 5) is 8.77. The first kappa shape index (κ1) is 16.9. The van der Waals surface area contributed by atoms with Gasteiger partial charge in [0.25, 0.3) is 0 Å². The fourth-order valence-electron chi connectivity index (χ4n) is 3.22. The van der Waals surface area contributed by atoms with E-state index in [-0.39, 0.29) is 0 Å². The Bertz CT molecular complexity index is 949. The molecule has 4 rings (SSSR count). The minimum atomic E-state index is 0.343. The van der Waals surface area contributed by atoms with Gasteiger partial charge in [0.05, 0.1) is 0 Å². The van der Waals surface area contributed by atoms with Crippen molar-refractivity contribution in [2.75, 3.05) is 36.0 Å².